The van der Waals surface area contributed by atoms with Crippen LogP contribution in [0.3, 0.4) is 0 Å². The number of hydrogen-bond acceptors (Lipinski definition) is 4. The molecule has 2 rings (SSSR count). The molecule has 4 N–H and O–H groups in total. The highest BCUT2D eigenvalue weighted by atomic mass is 19.4. The van der Waals surface area contributed by atoms with Gasteiger partial charge >= 0.3 is 12.5 Å². The van der Waals surface area contributed by atoms with E-state index in [-0.39, 0.29) is 17.7 Å². The first kappa shape index (κ1) is 23.6. The number of nitrogens with one attached hydrogen (secondary N) is 3. The van der Waals surface area contributed by atoms with Crippen LogP contribution in [0.4, 0.5) is 23.7 Å². The molecule has 0 unspecified atom stereocenters. The van der Waals surface area contributed by atoms with E-state index in [1.807, 2.05) is 0 Å². The summed E-state index contributed by atoms with van der Waals surface area (Å²) >= 11 is 0. The first-order chi connectivity index (χ1) is 14.1. The number of hydrogen-bond donors (Lipinski definition) is 4. The number of ether oxygens (including phenoxy) is 1. The molecule has 1 aliphatic carbocycles. The van der Waals surface area contributed by atoms with Gasteiger partial charge in [0.25, 0.3) is 0 Å². The number of amides is 2. The standard InChI is InChI=1S/C20H28F3N3O4/c1-13(12-24-15-7-9-16(10-8-15)30-20(21,22)23)25-18(27)17(26-19(28)29)11-14-5-3-2-4-6-14/h7-10,13-14,17,24,26H,2-6,11-12H2,1H3,(H,25,27)(H,28,29)/t13-,17-/m0/s1. The number of alkyl halides is 3. The maximum absolute atomic E-state index is 12.6. The molecule has 168 valence electrons. The van der Waals surface area contributed by atoms with Gasteiger partial charge < -0.3 is 25.8 Å². The molecule has 0 bridgehead atoms. The first-order valence-corrected chi connectivity index (χ1v) is 10.0. The molecule has 0 aliphatic heterocycles. The minimum atomic E-state index is -4.74. The average molecular weight is 431 g/mol. The molecule has 30 heavy (non-hydrogen) atoms. The molecule has 0 radical (unpaired) electrons. The van der Waals surface area contributed by atoms with Crippen molar-refractivity contribution in [2.75, 3.05) is 11.9 Å². The van der Waals surface area contributed by atoms with Crippen molar-refractivity contribution in [3.8, 4) is 5.75 Å². The third-order valence-corrected chi connectivity index (χ3v) is 5.00. The molecule has 1 aromatic rings. The van der Waals surface area contributed by atoms with Crippen LogP contribution in [0.2, 0.25) is 0 Å². The quantitative estimate of drug-likeness (QED) is 0.472. The van der Waals surface area contributed by atoms with E-state index in [2.05, 4.69) is 20.7 Å². The summed E-state index contributed by atoms with van der Waals surface area (Å²) in [6.45, 7) is 2.07. The van der Waals surface area contributed by atoms with Crippen LogP contribution in [-0.2, 0) is 4.79 Å². The van der Waals surface area contributed by atoms with E-state index < -0.39 is 18.5 Å². The van der Waals surface area contributed by atoms with Gasteiger partial charge in [-0.25, -0.2) is 4.79 Å². The predicted molar refractivity (Wildman–Crippen MR) is 105 cm³/mol. The molecule has 2 amide bonds. The Bertz CT molecular complexity index is 692. The van der Waals surface area contributed by atoms with Gasteiger partial charge in [-0.3, -0.25) is 4.79 Å². The second-order valence-corrected chi connectivity index (χ2v) is 7.60. The molecule has 0 heterocycles. The summed E-state index contributed by atoms with van der Waals surface area (Å²) in [5.41, 5.74) is 0.563. The zero-order valence-corrected chi connectivity index (χ0v) is 16.8. The van der Waals surface area contributed by atoms with Crippen LogP contribution in [0, 0.1) is 5.92 Å². The molecular weight excluding hydrogens is 403 g/mol. The third kappa shape index (κ3) is 8.79. The number of anilines is 1. The monoisotopic (exact) mass is 431 g/mol. The highest BCUT2D eigenvalue weighted by molar-refractivity contribution is 5.85. The molecular formula is C20H28F3N3O4. The van der Waals surface area contributed by atoms with Crippen LogP contribution in [0.5, 0.6) is 5.75 Å². The van der Waals surface area contributed by atoms with Crippen molar-refractivity contribution < 1.29 is 32.6 Å². The molecule has 10 heteroatoms. The summed E-state index contributed by atoms with van der Waals surface area (Å²) in [4.78, 5) is 23.6. The van der Waals surface area contributed by atoms with Crippen molar-refractivity contribution in [1.82, 2.24) is 10.6 Å². The maximum Gasteiger partial charge on any atom is 0.573 e. The second-order valence-electron chi connectivity index (χ2n) is 7.60. The summed E-state index contributed by atoms with van der Waals surface area (Å²) in [6, 6.07) is 4.12. The van der Waals surface area contributed by atoms with E-state index in [1.165, 1.54) is 30.7 Å². The van der Waals surface area contributed by atoms with Crippen LogP contribution in [0.1, 0.15) is 45.4 Å². The van der Waals surface area contributed by atoms with Gasteiger partial charge in [-0.1, -0.05) is 32.1 Å². The van der Waals surface area contributed by atoms with Crippen molar-refractivity contribution >= 4 is 17.7 Å². The minimum Gasteiger partial charge on any atom is -0.465 e. The Hall–Kier alpha value is -2.65. The van der Waals surface area contributed by atoms with E-state index in [0.29, 0.717) is 24.6 Å². The lowest BCUT2D eigenvalue weighted by Gasteiger charge is -2.27. The Balaban J connectivity index is 1.82. The molecule has 1 aromatic carbocycles. The maximum atomic E-state index is 12.6. The van der Waals surface area contributed by atoms with E-state index >= 15 is 0 Å². The van der Waals surface area contributed by atoms with Gasteiger partial charge in [0, 0.05) is 18.3 Å². The Kier molecular flexibility index (Phi) is 8.61. The molecule has 1 aliphatic rings. The fourth-order valence-corrected chi connectivity index (χ4v) is 3.58. The lowest BCUT2D eigenvalue weighted by Crippen LogP contribution is -2.50. The molecule has 1 fully saturated rings. The van der Waals surface area contributed by atoms with E-state index in [4.69, 9.17) is 5.11 Å². The second kappa shape index (κ2) is 10.9. The lowest BCUT2D eigenvalue weighted by molar-refractivity contribution is -0.274. The normalized spacial score (nSPS) is 16.9. The number of benzene rings is 1. The highest BCUT2D eigenvalue weighted by Gasteiger charge is 2.31. The Morgan fingerprint density at radius 3 is 2.33 bits per heavy atom. The van der Waals surface area contributed by atoms with Gasteiger partial charge in [0.1, 0.15) is 11.8 Å². The van der Waals surface area contributed by atoms with E-state index in [0.717, 1.165) is 25.7 Å². The Morgan fingerprint density at radius 2 is 1.77 bits per heavy atom. The van der Waals surface area contributed by atoms with Gasteiger partial charge in [0.2, 0.25) is 5.91 Å². The Morgan fingerprint density at radius 1 is 1.13 bits per heavy atom. The van der Waals surface area contributed by atoms with Crippen molar-refractivity contribution in [2.24, 2.45) is 5.92 Å². The zero-order chi connectivity index (χ0) is 22.1. The van der Waals surface area contributed by atoms with E-state index in [9.17, 15) is 22.8 Å². The van der Waals surface area contributed by atoms with Gasteiger partial charge in [0.15, 0.2) is 0 Å². The molecule has 0 saturated heterocycles. The van der Waals surface area contributed by atoms with Crippen molar-refractivity contribution in [3.63, 3.8) is 0 Å². The zero-order valence-electron chi connectivity index (χ0n) is 16.8. The summed E-state index contributed by atoms with van der Waals surface area (Å²) in [5, 5.41) is 17.2. The molecule has 1 saturated carbocycles. The lowest BCUT2D eigenvalue weighted by atomic mass is 9.84. The van der Waals surface area contributed by atoms with Crippen molar-refractivity contribution in [1.29, 1.82) is 0 Å². The van der Waals surface area contributed by atoms with Crippen molar-refractivity contribution in [3.05, 3.63) is 24.3 Å². The summed E-state index contributed by atoms with van der Waals surface area (Å²) < 4.78 is 40.4. The predicted octanol–water partition coefficient (Wildman–Crippen LogP) is 4.11. The summed E-state index contributed by atoms with van der Waals surface area (Å²) in [5.74, 6) is -0.377. The Labute approximate surface area is 173 Å². The first-order valence-electron chi connectivity index (χ1n) is 10.0. The number of halogens is 3. The van der Waals surface area contributed by atoms with Gasteiger partial charge in [0.05, 0.1) is 0 Å². The molecule has 0 aromatic heterocycles. The summed E-state index contributed by atoms with van der Waals surface area (Å²) in [6.07, 6.45) is -0.153. The van der Waals surface area contributed by atoms with Crippen LogP contribution in [-0.4, -0.2) is 42.1 Å². The number of carboxylic acid groups (broad SMARTS) is 1. The SMILES string of the molecule is C[C@@H](CNc1ccc(OC(F)(F)F)cc1)NC(=O)[C@H](CC1CCCCC1)NC(=O)O. The minimum absolute atomic E-state index is 0.314. The van der Waals surface area contributed by atoms with Gasteiger partial charge in [-0.2, -0.15) is 0 Å². The van der Waals surface area contributed by atoms with Crippen LogP contribution >= 0.6 is 0 Å². The topological polar surface area (TPSA) is 99.7 Å². The average Bonchev–Trinajstić information content (AvgIpc) is 2.66. The number of carbonyl (C=O) groups excluding carboxylic acids is 1. The fraction of sp³-hybridized carbons (Fsp3) is 0.600. The molecule has 0 spiro atoms. The number of carbonyl (C=O) groups is 2. The largest absolute Gasteiger partial charge is 0.573 e. The van der Waals surface area contributed by atoms with Crippen LogP contribution in [0.15, 0.2) is 24.3 Å². The molecule has 2 atom stereocenters. The van der Waals surface area contributed by atoms with Gasteiger partial charge in [-0.15, -0.1) is 13.2 Å². The van der Waals surface area contributed by atoms with Gasteiger partial charge in [-0.05, 0) is 43.5 Å². The van der Waals surface area contributed by atoms with Crippen molar-refractivity contribution in [2.45, 2.75) is 63.9 Å². The van der Waals surface area contributed by atoms with Crippen LogP contribution < -0.4 is 20.7 Å². The van der Waals surface area contributed by atoms with E-state index in [1.54, 1.807) is 6.92 Å². The smallest absolute Gasteiger partial charge is 0.465 e. The summed E-state index contributed by atoms with van der Waals surface area (Å²) in [7, 11) is 0. The highest BCUT2D eigenvalue weighted by Crippen LogP contribution is 2.27. The molecule has 7 nitrogen and oxygen atoms in total. The number of rotatable bonds is 9. The van der Waals surface area contributed by atoms with Crippen LogP contribution in [0.25, 0.3) is 0 Å². The fourth-order valence-electron chi connectivity index (χ4n) is 3.58. The third-order valence-electron chi connectivity index (χ3n) is 5.00.